The summed E-state index contributed by atoms with van der Waals surface area (Å²) in [6, 6.07) is 9.79. The molecule has 0 amide bonds. The summed E-state index contributed by atoms with van der Waals surface area (Å²) in [6.07, 6.45) is 5.14. The first-order valence-electron chi connectivity index (χ1n) is 8.38. The van der Waals surface area contributed by atoms with E-state index in [1.807, 2.05) is 12.1 Å². The van der Waals surface area contributed by atoms with Gasteiger partial charge in [-0.1, -0.05) is 45.2 Å². The minimum Gasteiger partial charge on any atom is -0.487 e. The lowest BCUT2D eigenvalue weighted by Crippen LogP contribution is -2.23. The standard InChI is InChI=1S/C20H17BrCl2N2O/c21-16-2-1-3-18-19(16)13(10-25-18)4-5-24-9-12-6-14-7-15(22)8-17(23)20(14)26-11-12/h1-3,6-8,10,24-25H,4-5,9,11H2. The normalized spacial score (nSPS) is 13.4. The minimum absolute atomic E-state index is 0.542. The zero-order valence-electron chi connectivity index (χ0n) is 13.9. The molecule has 0 bridgehead atoms. The Morgan fingerprint density at radius 1 is 1.23 bits per heavy atom. The molecule has 0 unspecified atom stereocenters. The molecule has 1 aliphatic heterocycles. The molecule has 1 aromatic heterocycles. The lowest BCUT2D eigenvalue weighted by molar-refractivity contribution is 0.343. The van der Waals surface area contributed by atoms with Crippen molar-refractivity contribution < 1.29 is 4.74 Å². The minimum atomic E-state index is 0.542. The van der Waals surface area contributed by atoms with Gasteiger partial charge < -0.3 is 15.0 Å². The van der Waals surface area contributed by atoms with Gasteiger partial charge >= 0.3 is 0 Å². The monoisotopic (exact) mass is 450 g/mol. The fraction of sp³-hybridized carbons (Fsp3) is 0.200. The average Bonchev–Trinajstić information content (AvgIpc) is 3.03. The summed E-state index contributed by atoms with van der Waals surface area (Å²) in [5.41, 5.74) is 4.57. The molecule has 0 saturated carbocycles. The van der Waals surface area contributed by atoms with Crippen molar-refractivity contribution in [2.75, 3.05) is 19.7 Å². The summed E-state index contributed by atoms with van der Waals surface area (Å²) < 4.78 is 6.91. The smallest absolute Gasteiger partial charge is 0.145 e. The molecule has 6 heteroatoms. The van der Waals surface area contributed by atoms with E-state index in [0.717, 1.165) is 35.1 Å². The van der Waals surface area contributed by atoms with Gasteiger partial charge in [0.05, 0.1) is 5.02 Å². The van der Waals surface area contributed by atoms with Crippen molar-refractivity contribution in [1.82, 2.24) is 10.3 Å². The molecule has 2 N–H and O–H groups in total. The Morgan fingerprint density at radius 3 is 3.00 bits per heavy atom. The van der Waals surface area contributed by atoms with E-state index >= 15 is 0 Å². The van der Waals surface area contributed by atoms with Crippen LogP contribution < -0.4 is 10.1 Å². The predicted octanol–water partition coefficient (Wildman–Crippen LogP) is 5.85. The van der Waals surface area contributed by atoms with E-state index < -0.39 is 0 Å². The summed E-state index contributed by atoms with van der Waals surface area (Å²) >= 11 is 15.9. The zero-order chi connectivity index (χ0) is 18.1. The topological polar surface area (TPSA) is 37.0 Å². The highest BCUT2D eigenvalue weighted by atomic mass is 79.9. The van der Waals surface area contributed by atoms with Crippen molar-refractivity contribution in [2.24, 2.45) is 0 Å². The molecule has 0 atom stereocenters. The average molecular weight is 452 g/mol. The zero-order valence-corrected chi connectivity index (χ0v) is 17.0. The third-order valence-electron chi connectivity index (χ3n) is 4.46. The van der Waals surface area contributed by atoms with Crippen LogP contribution in [0.1, 0.15) is 11.1 Å². The number of aromatic nitrogens is 1. The number of ether oxygens (including phenoxy) is 1. The lowest BCUT2D eigenvalue weighted by atomic mass is 10.1. The molecule has 1 aliphatic rings. The van der Waals surface area contributed by atoms with E-state index in [-0.39, 0.29) is 0 Å². The van der Waals surface area contributed by atoms with E-state index in [0.29, 0.717) is 22.4 Å². The number of rotatable bonds is 5. The first-order valence-corrected chi connectivity index (χ1v) is 9.93. The Hall–Kier alpha value is -1.46. The highest BCUT2D eigenvalue weighted by Gasteiger charge is 2.15. The number of hydrogen-bond acceptors (Lipinski definition) is 2. The SMILES string of the molecule is Clc1cc(Cl)c2c(c1)C=C(CNCCc1c[nH]c3cccc(Br)c13)CO2. The maximum absolute atomic E-state index is 6.18. The van der Waals surface area contributed by atoms with Crippen LogP contribution in [0.3, 0.4) is 0 Å². The Morgan fingerprint density at radius 2 is 2.12 bits per heavy atom. The van der Waals surface area contributed by atoms with Crippen LogP contribution in [0.2, 0.25) is 10.0 Å². The van der Waals surface area contributed by atoms with Crippen LogP contribution in [0.4, 0.5) is 0 Å². The van der Waals surface area contributed by atoms with Gasteiger partial charge in [0.2, 0.25) is 0 Å². The fourth-order valence-electron chi connectivity index (χ4n) is 3.25. The van der Waals surface area contributed by atoms with Crippen LogP contribution in [0.25, 0.3) is 17.0 Å². The summed E-state index contributed by atoms with van der Waals surface area (Å²) in [5, 5.41) is 5.93. The van der Waals surface area contributed by atoms with Crippen LogP contribution in [0, 0.1) is 0 Å². The molecular weight excluding hydrogens is 435 g/mol. The third-order valence-corrected chi connectivity index (χ3v) is 5.62. The van der Waals surface area contributed by atoms with Crippen molar-refractivity contribution in [2.45, 2.75) is 6.42 Å². The molecular formula is C20H17BrCl2N2O. The number of aromatic amines is 1. The summed E-state index contributed by atoms with van der Waals surface area (Å²) in [6.45, 7) is 2.20. The number of nitrogens with one attached hydrogen (secondary N) is 2. The second kappa shape index (κ2) is 7.65. The van der Waals surface area contributed by atoms with Crippen LogP contribution in [-0.2, 0) is 6.42 Å². The molecule has 26 heavy (non-hydrogen) atoms. The van der Waals surface area contributed by atoms with E-state index in [2.05, 4.69) is 50.6 Å². The van der Waals surface area contributed by atoms with Gasteiger partial charge in [-0.15, -0.1) is 0 Å². The van der Waals surface area contributed by atoms with E-state index in [1.165, 1.54) is 16.5 Å². The molecule has 3 aromatic rings. The van der Waals surface area contributed by atoms with Crippen LogP contribution >= 0.6 is 39.1 Å². The fourth-order valence-corrected chi connectivity index (χ4v) is 4.43. The molecule has 2 heterocycles. The first-order chi connectivity index (χ1) is 12.6. The lowest BCUT2D eigenvalue weighted by Gasteiger charge is -2.19. The highest BCUT2D eigenvalue weighted by molar-refractivity contribution is 9.10. The van der Waals surface area contributed by atoms with Crippen molar-refractivity contribution in [1.29, 1.82) is 0 Å². The third kappa shape index (κ3) is 3.65. The van der Waals surface area contributed by atoms with Gasteiger partial charge in [-0.05, 0) is 54.4 Å². The molecule has 2 aromatic carbocycles. The van der Waals surface area contributed by atoms with Crippen LogP contribution in [0.5, 0.6) is 5.75 Å². The van der Waals surface area contributed by atoms with Gasteiger partial charge in [0.25, 0.3) is 0 Å². The number of hydrogen-bond donors (Lipinski definition) is 2. The van der Waals surface area contributed by atoms with Gasteiger partial charge in [0, 0.05) is 38.7 Å². The largest absolute Gasteiger partial charge is 0.487 e. The van der Waals surface area contributed by atoms with Crippen molar-refractivity contribution >= 4 is 56.1 Å². The van der Waals surface area contributed by atoms with Gasteiger partial charge in [-0.2, -0.15) is 0 Å². The number of halogens is 3. The second-order valence-corrected chi connectivity index (χ2v) is 8.00. The van der Waals surface area contributed by atoms with Gasteiger partial charge in [0.1, 0.15) is 12.4 Å². The molecule has 0 radical (unpaired) electrons. The Kier molecular flexibility index (Phi) is 5.28. The maximum Gasteiger partial charge on any atom is 0.145 e. The molecule has 0 spiro atoms. The van der Waals surface area contributed by atoms with Crippen LogP contribution in [0.15, 0.2) is 46.6 Å². The molecule has 0 saturated heterocycles. The quantitative estimate of drug-likeness (QED) is 0.477. The number of fused-ring (bicyclic) bond motifs is 2. The van der Waals surface area contributed by atoms with E-state index in [9.17, 15) is 0 Å². The van der Waals surface area contributed by atoms with E-state index in [4.69, 9.17) is 27.9 Å². The van der Waals surface area contributed by atoms with Crippen molar-refractivity contribution in [3.05, 3.63) is 67.7 Å². The summed E-state index contributed by atoms with van der Waals surface area (Å²) in [7, 11) is 0. The molecule has 3 nitrogen and oxygen atoms in total. The van der Waals surface area contributed by atoms with E-state index in [1.54, 1.807) is 6.07 Å². The predicted molar refractivity (Wildman–Crippen MR) is 113 cm³/mol. The van der Waals surface area contributed by atoms with Crippen molar-refractivity contribution in [3.8, 4) is 5.75 Å². The van der Waals surface area contributed by atoms with Crippen molar-refractivity contribution in [3.63, 3.8) is 0 Å². The summed E-state index contributed by atoms with van der Waals surface area (Å²) in [5.74, 6) is 0.712. The molecule has 0 aliphatic carbocycles. The Bertz CT molecular complexity index is 997. The molecule has 0 fully saturated rings. The van der Waals surface area contributed by atoms with Gasteiger partial charge in [-0.3, -0.25) is 0 Å². The Labute approximate surface area is 170 Å². The first kappa shape index (κ1) is 17.9. The van der Waals surface area contributed by atoms with Gasteiger partial charge in [-0.25, -0.2) is 0 Å². The number of benzene rings is 2. The summed E-state index contributed by atoms with van der Waals surface area (Å²) in [4.78, 5) is 3.33. The molecule has 4 rings (SSSR count). The highest BCUT2D eigenvalue weighted by Crippen LogP contribution is 2.36. The Balaban J connectivity index is 1.38. The second-order valence-electron chi connectivity index (χ2n) is 6.30. The van der Waals surface area contributed by atoms with Crippen LogP contribution in [-0.4, -0.2) is 24.7 Å². The molecule has 134 valence electrons. The number of H-pyrrole nitrogens is 1. The maximum atomic E-state index is 6.18. The van der Waals surface area contributed by atoms with Gasteiger partial charge in [0.15, 0.2) is 0 Å².